The molecule has 0 amide bonds. The SMILES string of the molecule is COc1cc(-c2cn(C3CC3)c(=O)c3cnccc23)cc(OC)c1CN(C)C.COc1cc(-c2cn(C3CC3)c(=O)c3cnccc23)cc(OC)c1CN(C)C. The first-order valence-corrected chi connectivity index (χ1v) is 18.8. The Bertz CT molecular complexity index is 2290. The summed E-state index contributed by atoms with van der Waals surface area (Å²) in [5.74, 6) is 3.09. The van der Waals surface area contributed by atoms with Gasteiger partial charge in [0.2, 0.25) is 0 Å². The van der Waals surface area contributed by atoms with Crippen LogP contribution in [0.15, 0.2) is 83.2 Å². The summed E-state index contributed by atoms with van der Waals surface area (Å²) in [7, 11) is 14.7. The van der Waals surface area contributed by atoms with Gasteiger partial charge in [0, 0.05) is 73.5 Å². The quantitative estimate of drug-likeness (QED) is 0.130. The van der Waals surface area contributed by atoms with E-state index in [4.69, 9.17) is 18.9 Å². The molecular formula is C44H50N6O6. The lowest BCUT2D eigenvalue weighted by atomic mass is 9.99. The van der Waals surface area contributed by atoms with E-state index in [1.54, 1.807) is 53.2 Å². The van der Waals surface area contributed by atoms with Crippen LogP contribution in [0, 0.1) is 0 Å². The third-order valence-electron chi connectivity index (χ3n) is 10.4. The van der Waals surface area contributed by atoms with Gasteiger partial charge in [0.15, 0.2) is 0 Å². The van der Waals surface area contributed by atoms with Crippen molar-refractivity contribution in [1.82, 2.24) is 28.9 Å². The largest absolute Gasteiger partial charge is 0.496 e. The zero-order chi connectivity index (χ0) is 39.7. The highest BCUT2D eigenvalue weighted by Gasteiger charge is 2.28. The second-order valence-electron chi connectivity index (χ2n) is 15.0. The molecule has 2 aliphatic rings. The molecule has 4 heterocycles. The predicted molar refractivity (Wildman–Crippen MR) is 220 cm³/mol. The minimum Gasteiger partial charge on any atom is -0.496 e. The lowest BCUT2D eigenvalue weighted by Gasteiger charge is -2.19. The molecule has 0 saturated heterocycles. The van der Waals surface area contributed by atoms with Crippen LogP contribution in [0.1, 0.15) is 48.9 Å². The monoisotopic (exact) mass is 758 g/mol. The Hall–Kier alpha value is -5.72. The van der Waals surface area contributed by atoms with Gasteiger partial charge in [-0.15, -0.1) is 0 Å². The van der Waals surface area contributed by atoms with Gasteiger partial charge >= 0.3 is 0 Å². The molecule has 2 fully saturated rings. The first-order valence-electron chi connectivity index (χ1n) is 18.8. The van der Waals surface area contributed by atoms with Crippen molar-refractivity contribution in [2.24, 2.45) is 0 Å². The van der Waals surface area contributed by atoms with Crippen LogP contribution in [0.3, 0.4) is 0 Å². The van der Waals surface area contributed by atoms with Gasteiger partial charge in [-0.2, -0.15) is 0 Å². The Morgan fingerprint density at radius 2 is 0.911 bits per heavy atom. The van der Waals surface area contributed by atoms with Crippen molar-refractivity contribution >= 4 is 21.5 Å². The Balaban J connectivity index is 0.000000172. The van der Waals surface area contributed by atoms with Gasteiger partial charge in [0.05, 0.1) is 50.3 Å². The zero-order valence-electron chi connectivity index (χ0n) is 33.5. The molecule has 12 heteroatoms. The van der Waals surface area contributed by atoms with E-state index in [0.29, 0.717) is 23.9 Å². The van der Waals surface area contributed by atoms with Gasteiger partial charge in [-0.05, 0) is 112 Å². The van der Waals surface area contributed by atoms with Crippen molar-refractivity contribution < 1.29 is 18.9 Å². The number of fused-ring (bicyclic) bond motifs is 2. The van der Waals surface area contributed by atoms with Crippen LogP contribution in [0.5, 0.6) is 23.0 Å². The maximum absolute atomic E-state index is 12.9. The lowest BCUT2D eigenvalue weighted by Crippen LogP contribution is -2.19. The number of aromatic nitrogens is 4. The van der Waals surface area contributed by atoms with Crippen molar-refractivity contribution in [3.8, 4) is 45.3 Å². The maximum Gasteiger partial charge on any atom is 0.260 e. The molecule has 12 nitrogen and oxygen atoms in total. The number of rotatable bonds is 12. The molecule has 0 unspecified atom stereocenters. The number of benzene rings is 2. The van der Waals surface area contributed by atoms with E-state index in [1.165, 1.54) is 0 Å². The minimum absolute atomic E-state index is 0.0255. The molecule has 6 aromatic rings. The Kier molecular flexibility index (Phi) is 11.1. The fraction of sp³-hybridized carbons (Fsp3) is 0.364. The number of ether oxygens (including phenoxy) is 4. The molecule has 0 aliphatic heterocycles. The van der Waals surface area contributed by atoms with Crippen molar-refractivity contribution in [2.75, 3.05) is 56.6 Å². The molecule has 8 rings (SSSR count). The number of nitrogens with zero attached hydrogens (tertiary/aromatic N) is 6. The summed E-state index contributed by atoms with van der Waals surface area (Å²) in [5, 5.41) is 3.06. The van der Waals surface area contributed by atoms with Crippen LogP contribution in [0.2, 0.25) is 0 Å². The van der Waals surface area contributed by atoms with Crippen molar-refractivity contribution in [3.05, 3.63) is 105 Å². The molecule has 2 aliphatic carbocycles. The highest BCUT2D eigenvalue weighted by atomic mass is 16.5. The second kappa shape index (κ2) is 16.2. The van der Waals surface area contributed by atoms with Gasteiger partial charge in [0.25, 0.3) is 11.1 Å². The molecule has 292 valence electrons. The molecule has 2 aromatic carbocycles. The van der Waals surface area contributed by atoms with E-state index < -0.39 is 0 Å². The first-order chi connectivity index (χ1) is 27.1. The summed E-state index contributed by atoms with van der Waals surface area (Å²) in [6.45, 7) is 1.41. The van der Waals surface area contributed by atoms with Crippen molar-refractivity contribution in [1.29, 1.82) is 0 Å². The molecule has 2 saturated carbocycles. The van der Waals surface area contributed by atoms with Crippen LogP contribution in [-0.2, 0) is 13.1 Å². The zero-order valence-corrected chi connectivity index (χ0v) is 33.5. The third kappa shape index (κ3) is 7.71. The topological polar surface area (TPSA) is 113 Å². The average molecular weight is 759 g/mol. The molecule has 4 aromatic heterocycles. The van der Waals surface area contributed by atoms with Gasteiger partial charge in [-0.1, -0.05) is 0 Å². The van der Waals surface area contributed by atoms with Gasteiger partial charge in [0.1, 0.15) is 23.0 Å². The smallest absolute Gasteiger partial charge is 0.260 e. The van der Waals surface area contributed by atoms with Gasteiger partial charge in [-0.3, -0.25) is 19.6 Å². The van der Waals surface area contributed by atoms with E-state index in [-0.39, 0.29) is 23.2 Å². The van der Waals surface area contributed by atoms with Crippen LogP contribution in [0.4, 0.5) is 0 Å². The Labute approximate surface area is 326 Å². The second-order valence-corrected chi connectivity index (χ2v) is 15.0. The number of hydrogen-bond acceptors (Lipinski definition) is 10. The van der Waals surface area contributed by atoms with E-state index in [1.807, 2.05) is 86.1 Å². The van der Waals surface area contributed by atoms with E-state index in [0.717, 1.165) is 92.8 Å². The molecule has 0 bridgehead atoms. The Morgan fingerprint density at radius 3 is 1.20 bits per heavy atom. The summed E-state index contributed by atoms with van der Waals surface area (Å²) in [5.41, 5.74) is 5.94. The summed E-state index contributed by atoms with van der Waals surface area (Å²) >= 11 is 0. The number of methoxy groups -OCH3 is 4. The van der Waals surface area contributed by atoms with Crippen molar-refractivity contribution in [2.45, 2.75) is 50.9 Å². The fourth-order valence-corrected chi connectivity index (χ4v) is 7.34. The molecular weight excluding hydrogens is 709 g/mol. The molecule has 0 spiro atoms. The summed E-state index contributed by atoms with van der Waals surface area (Å²) < 4.78 is 26.5. The summed E-state index contributed by atoms with van der Waals surface area (Å²) in [6.07, 6.45) is 14.9. The fourth-order valence-electron chi connectivity index (χ4n) is 7.34. The first kappa shape index (κ1) is 38.6. The van der Waals surface area contributed by atoms with Crippen LogP contribution in [-0.4, -0.2) is 85.5 Å². The number of hydrogen-bond donors (Lipinski definition) is 0. The average Bonchev–Trinajstić information content (AvgIpc) is 4.14. The standard InChI is InChI=1S/2C22H25N3O3/c2*1-24(2)12-19-20(27-3)9-14(10-21(19)28-4)18-13-25(15-5-6-15)22(26)17-11-23-8-7-16(17)18/h2*7-11,13,15H,5-6,12H2,1-4H3. The minimum atomic E-state index is 0.0255. The van der Waals surface area contributed by atoms with Crippen molar-refractivity contribution in [3.63, 3.8) is 0 Å². The number of pyridine rings is 4. The van der Waals surface area contributed by atoms with Gasteiger partial charge < -0.3 is 37.9 Å². The van der Waals surface area contributed by atoms with Gasteiger partial charge in [-0.25, -0.2) is 0 Å². The summed E-state index contributed by atoms with van der Waals surface area (Å²) in [4.78, 5) is 38.3. The molecule has 56 heavy (non-hydrogen) atoms. The lowest BCUT2D eigenvalue weighted by molar-refractivity contribution is 0.349. The maximum atomic E-state index is 12.9. The molecule has 0 N–H and O–H groups in total. The van der Waals surface area contributed by atoms with Crippen LogP contribution >= 0.6 is 0 Å². The highest BCUT2D eigenvalue weighted by molar-refractivity contribution is 5.97. The van der Waals surface area contributed by atoms with E-state index in [9.17, 15) is 9.59 Å². The normalized spacial score (nSPS) is 13.9. The molecule has 0 radical (unpaired) electrons. The van der Waals surface area contributed by atoms with Crippen LogP contribution in [0.25, 0.3) is 43.8 Å². The van der Waals surface area contributed by atoms with E-state index >= 15 is 0 Å². The highest BCUT2D eigenvalue weighted by Crippen LogP contribution is 2.42. The molecule has 0 atom stereocenters. The predicted octanol–water partition coefficient (Wildman–Crippen LogP) is 6.95. The third-order valence-corrected chi connectivity index (χ3v) is 10.4. The van der Waals surface area contributed by atoms with Crippen LogP contribution < -0.4 is 30.1 Å². The van der Waals surface area contributed by atoms with E-state index in [2.05, 4.69) is 19.8 Å². The summed E-state index contributed by atoms with van der Waals surface area (Å²) in [6, 6.07) is 12.5. The Morgan fingerprint density at radius 1 is 0.571 bits per heavy atom.